The van der Waals surface area contributed by atoms with Crippen LogP contribution in [0.25, 0.3) is 0 Å². The van der Waals surface area contributed by atoms with Gasteiger partial charge in [-0.2, -0.15) is 0 Å². The van der Waals surface area contributed by atoms with Gasteiger partial charge in [-0.3, -0.25) is 4.79 Å². The molecule has 112 valence electrons. The molecular weight excluding hydrogens is 305 g/mol. The van der Waals surface area contributed by atoms with Gasteiger partial charge in [0.1, 0.15) is 0 Å². The van der Waals surface area contributed by atoms with E-state index in [4.69, 9.17) is 23.2 Å². The van der Waals surface area contributed by atoms with Gasteiger partial charge in [-0.15, -0.1) is 0 Å². The van der Waals surface area contributed by atoms with Crippen LogP contribution in [0.4, 0.5) is 0 Å². The van der Waals surface area contributed by atoms with Gasteiger partial charge >= 0.3 is 0 Å². The van der Waals surface area contributed by atoms with Gasteiger partial charge in [-0.1, -0.05) is 42.1 Å². The minimum absolute atomic E-state index is 0.0494. The summed E-state index contributed by atoms with van der Waals surface area (Å²) in [6, 6.07) is 5.83. The predicted molar refractivity (Wildman–Crippen MR) is 87.7 cm³/mol. The predicted octanol–water partition coefficient (Wildman–Crippen LogP) is 4.50. The maximum atomic E-state index is 12.0. The van der Waals surface area contributed by atoms with Crippen molar-refractivity contribution in [3.05, 3.63) is 33.8 Å². The van der Waals surface area contributed by atoms with Crippen molar-refractivity contribution in [3.8, 4) is 11.8 Å². The third kappa shape index (κ3) is 4.40. The molecule has 1 unspecified atom stereocenters. The second-order valence-corrected chi connectivity index (χ2v) is 6.06. The van der Waals surface area contributed by atoms with E-state index in [1.54, 1.807) is 0 Å². The molecule has 0 spiro atoms. The van der Waals surface area contributed by atoms with Crippen LogP contribution in [0.3, 0.4) is 0 Å². The molecule has 2 nitrogen and oxygen atoms in total. The molecule has 2 rings (SSSR count). The fourth-order valence-corrected chi connectivity index (χ4v) is 2.95. The molecular formula is C17H19Cl2NO. The summed E-state index contributed by atoms with van der Waals surface area (Å²) in [7, 11) is 0. The zero-order valence-corrected chi connectivity index (χ0v) is 13.7. The molecule has 1 amide bonds. The second kappa shape index (κ2) is 7.73. The van der Waals surface area contributed by atoms with Crippen LogP contribution in [0, 0.1) is 11.8 Å². The zero-order valence-electron chi connectivity index (χ0n) is 12.2. The molecule has 1 atom stereocenters. The Kier molecular flexibility index (Phi) is 5.96. The van der Waals surface area contributed by atoms with Crippen LogP contribution >= 0.6 is 23.2 Å². The van der Waals surface area contributed by atoms with Crippen molar-refractivity contribution >= 4 is 29.1 Å². The lowest BCUT2D eigenvalue weighted by molar-refractivity contribution is -0.125. The maximum Gasteiger partial charge on any atom is 0.298 e. The van der Waals surface area contributed by atoms with Crippen LogP contribution in [0.15, 0.2) is 18.2 Å². The molecule has 1 saturated heterocycles. The highest BCUT2D eigenvalue weighted by molar-refractivity contribution is 6.42. The second-order valence-electron chi connectivity index (χ2n) is 5.25. The molecule has 1 aromatic rings. The molecule has 1 aliphatic rings. The molecule has 1 aliphatic heterocycles. The molecule has 1 fully saturated rings. The number of hydrogen-bond acceptors (Lipinski definition) is 1. The highest BCUT2D eigenvalue weighted by Crippen LogP contribution is 2.32. The van der Waals surface area contributed by atoms with Crippen LogP contribution in [-0.2, 0) is 4.79 Å². The van der Waals surface area contributed by atoms with E-state index in [1.165, 1.54) is 5.56 Å². The minimum atomic E-state index is -0.0494. The van der Waals surface area contributed by atoms with Crippen LogP contribution < -0.4 is 0 Å². The Morgan fingerprint density at radius 1 is 1.29 bits per heavy atom. The maximum absolute atomic E-state index is 12.0. The lowest BCUT2D eigenvalue weighted by Gasteiger charge is -2.18. The van der Waals surface area contributed by atoms with E-state index in [0.717, 1.165) is 32.4 Å². The van der Waals surface area contributed by atoms with E-state index in [0.29, 0.717) is 22.4 Å². The smallest absolute Gasteiger partial charge is 0.298 e. The molecule has 1 heterocycles. The Morgan fingerprint density at radius 3 is 2.81 bits per heavy atom. The third-order valence-electron chi connectivity index (χ3n) is 3.80. The van der Waals surface area contributed by atoms with Crippen molar-refractivity contribution in [1.29, 1.82) is 0 Å². The van der Waals surface area contributed by atoms with Crippen LogP contribution in [0.2, 0.25) is 10.0 Å². The first-order valence-corrected chi connectivity index (χ1v) is 8.10. The number of halogens is 2. The van der Waals surface area contributed by atoms with E-state index in [9.17, 15) is 4.79 Å². The number of carbonyl (C=O) groups excluding carboxylic acids is 1. The Balaban J connectivity index is 2.03. The van der Waals surface area contributed by atoms with Gasteiger partial charge in [0.25, 0.3) is 5.91 Å². The summed E-state index contributed by atoms with van der Waals surface area (Å²) in [6.07, 6.45) is 3.70. The quantitative estimate of drug-likeness (QED) is 0.696. The molecule has 0 bridgehead atoms. The number of amides is 1. The highest BCUT2D eigenvalue weighted by Gasteiger charge is 2.21. The van der Waals surface area contributed by atoms with E-state index < -0.39 is 0 Å². The summed E-state index contributed by atoms with van der Waals surface area (Å²) in [5.74, 6) is 5.93. The van der Waals surface area contributed by atoms with Gasteiger partial charge in [0.05, 0.1) is 10.0 Å². The summed E-state index contributed by atoms with van der Waals surface area (Å²) in [5, 5.41) is 1.18. The highest BCUT2D eigenvalue weighted by atomic mass is 35.5. The topological polar surface area (TPSA) is 20.3 Å². The lowest BCUT2D eigenvalue weighted by atomic mass is 9.92. The number of likely N-dealkylation sites (tertiary alicyclic amines) is 1. The van der Waals surface area contributed by atoms with Crippen molar-refractivity contribution in [2.75, 3.05) is 13.1 Å². The molecule has 0 radical (unpaired) electrons. The first-order valence-electron chi connectivity index (χ1n) is 7.34. The Morgan fingerprint density at radius 2 is 2.10 bits per heavy atom. The summed E-state index contributed by atoms with van der Waals surface area (Å²) in [4.78, 5) is 13.8. The zero-order chi connectivity index (χ0) is 15.2. The molecule has 0 aromatic heterocycles. The van der Waals surface area contributed by atoms with Crippen LogP contribution in [0.5, 0.6) is 0 Å². The number of rotatable bonds is 1. The van der Waals surface area contributed by atoms with E-state index >= 15 is 0 Å². The third-order valence-corrected chi connectivity index (χ3v) is 4.54. The van der Waals surface area contributed by atoms with Crippen molar-refractivity contribution < 1.29 is 4.79 Å². The Bertz CT molecular complexity index is 574. The van der Waals surface area contributed by atoms with Crippen LogP contribution in [0.1, 0.15) is 44.1 Å². The van der Waals surface area contributed by atoms with Gasteiger partial charge in [0.15, 0.2) is 0 Å². The van der Waals surface area contributed by atoms with Gasteiger partial charge in [0, 0.05) is 19.5 Å². The number of benzene rings is 1. The van der Waals surface area contributed by atoms with Gasteiger partial charge in [0.2, 0.25) is 0 Å². The van der Waals surface area contributed by atoms with E-state index in [2.05, 4.69) is 11.8 Å². The summed E-state index contributed by atoms with van der Waals surface area (Å²) in [5.41, 5.74) is 1.21. The minimum Gasteiger partial charge on any atom is -0.332 e. The lowest BCUT2D eigenvalue weighted by Crippen LogP contribution is -2.30. The van der Waals surface area contributed by atoms with Crippen molar-refractivity contribution in [2.45, 2.75) is 38.5 Å². The largest absolute Gasteiger partial charge is 0.332 e. The monoisotopic (exact) mass is 323 g/mol. The molecule has 0 N–H and O–H groups in total. The molecule has 4 heteroatoms. The van der Waals surface area contributed by atoms with Gasteiger partial charge < -0.3 is 4.90 Å². The van der Waals surface area contributed by atoms with Gasteiger partial charge in [-0.05, 0) is 48.8 Å². The Hall–Kier alpha value is -1.17. The average Bonchev–Trinajstić information content (AvgIpc) is 2.73. The summed E-state index contributed by atoms with van der Waals surface area (Å²) < 4.78 is 0. The molecule has 1 aromatic carbocycles. The number of carbonyl (C=O) groups is 1. The fourth-order valence-electron chi connectivity index (χ4n) is 2.64. The fraction of sp³-hybridized carbons (Fsp3) is 0.471. The summed E-state index contributed by atoms with van der Waals surface area (Å²) >= 11 is 12.1. The summed E-state index contributed by atoms with van der Waals surface area (Å²) in [6.45, 7) is 3.49. The first-order chi connectivity index (χ1) is 10.1. The van der Waals surface area contributed by atoms with Gasteiger partial charge in [-0.25, -0.2) is 0 Å². The first kappa shape index (κ1) is 16.2. The van der Waals surface area contributed by atoms with Crippen molar-refractivity contribution in [1.82, 2.24) is 4.90 Å². The van der Waals surface area contributed by atoms with E-state index in [1.807, 2.05) is 30.0 Å². The van der Waals surface area contributed by atoms with Crippen LogP contribution in [-0.4, -0.2) is 23.9 Å². The number of hydrogen-bond donors (Lipinski definition) is 0. The molecule has 0 saturated carbocycles. The van der Waals surface area contributed by atoms with Crippen molar-refractivity contribution in [3.63, 3.8) is 0 Å². The Labute approximate surface area is 136 Å². The average molecular weight is 324 g/mol. The van der Waals surface area contributed by atoms with Crippen molar-refractivity contribution in [2.24, 2.45) is 0 Å². The number of nitrogens with zero attached hydrogens (tertiary/aromatic N) is 1. The normalized spacial score (nSPS) is 18.6. The molecule has 21 heavy (non-hydrogen) atoms. The molecule has 0 aliphatic carbocycles. The standard InChI is InChI=1S/C17H19Cl2NO/c1-2-3-6-17(21)20-10-4-5-13(9-11-20)14-7-8-15(18)16(19)12-14/h7-8,12-13H,2,4-5,9-11H2,1H3. The SMILES string of the molecule is CCC#CC(=O)N1CCCC(c2ccc(Cl)c(Cl)c2)CC1. The van der Waals surface area contributed by atoms with E-state index in [-0.39, 0.29) is 5.91 Å².